The highest BCUT2D eigenvalue weighted by atomic mass is 16.6. The predicted molar refractivity (Wildman–Crippen MR) is 94.5 cm³/mol. The van der Waals surface area contributed by atoms with Gasteiger partial charge in [0.1, 0.15) is 6.20 Å². The summed E-state index contributed by atoms with van der Waals surface area (Å²) in [6.07, 6.45) is 3.19. The van der Waals surface area contributed by atoms with Crippen LogP contribution in [-0.4, -0.2) is 37.6 Å². The van der Waals surface area contributed by atoms with E-state index in [2.05, 4.69) is 20.4 Å². The molecule has 138 valence electrons. The van der Waals surface area contributed by atoms with Crippen LogP contribution in [0.25, 0.3) is 5.65 Å². The summed E-state index contributed by atoms with van der Waals surface area (Å²) in [5.74, 6) is 0.159. The second-order valence-corrected chi connectivity index (χ2v) is 6.22. The molecular weight excluding hydrogens is 352 g/mol. The van der Waals surface area contributed by atoms with Crippen molar-refractivity contribution >= 4 is 23.3 Å². The highest BCUT2D eigenvalue weighted by molar-refractivity contribution is 5.90. The number of nitrogens with one attached hydrogen (secondary N) is 1. The van der Waals surface area contributed by atoms with Crippen molar-refractivity contribution < 1.29 is 14.5 Å². The summed E-state index contributed by atoms with van der Waals surface area (Å²) in [4.78, 5) is 30.9. The zero-order valence-electron chi connectivity index (χ0n) is 14.5. The van der Waals surface area contributed by atoms with Crippen LogP contribution < -0.4 is 5.32 Å². The van der Waals surface area contributed by atoms with Crippen molar-refractivity contribution in [1.82, 2.24) is 19.6 Å². The molecule has 1 saturated carbocycles. The van der Waals surface area contributed by atoms with E-state index in [4.69, 9.17) is 4.74 Å². The van der Waals surface area contributed by atoms with Gasteiger partial charge in [0.05, 0.1) is 30.6 Å². The van der Waals surface area contributed by atoms with Crippen LogP contribution in [0, 0.1) is 10.1 Å². The highest BCUT2D eigenvalue weighted by Crippen LogP contribution is 2.40. The number of nitro groups is 1. The van der Waals surface area contributed by atoms with Gasteiger partial charge in [0.15, 0.2) is 5.82 Å². The molecule has 1 aliphatic rings. The SMILES string of the molecule is COC(=O)c1ccc(CNc2ccc3ncc([N+](=O)[O-])n3n2)nc1C1CC1. The van der Waals surface area contributed by atoms with Gasteiger partial charge in [-0.05, 0) is 36.0 Å². The molecule has 10 nitrogen and oxygen atoms in total. The number of esters is 1. The molecule has 0 spiro atoms. The number of hydrogen-bond donors (Lipinski definition) is 1. The first-order valence-corrected chi connectivity index (χ1v) is 8.38. The van der Waals surface area contributed by atoms with Crippen LogP contribution in [-0.2, 0) is 11.3 Å². The Morgan fingerprint density at radius 1 is 1.37 bits per heavy atom. The molecule has 0 amide bonds. The summed E-state index contributed by atoms with van der Waals surface area (Å²) in [6, 6.07) is 6.81. The number of anilines is 1. The number of fused-ring (bicyclic) bond motifs is 1. The fraction of sp³-hybridized carbons (Fsp3) is 0.294. The molecular formula is C17H16N6O4. The van der Waals surface area contributed by atoms with Crippen molar-refractivity contribution in [1.29, 1.82) is 0 Å². The largest absolute Gasteiger partial charge is 0.465 e. The Balaban J connectivity index is 1.55. The Morgan fingerprint density at radius 3 is 2.89 bits per heavy atom. The Kier molecular flexibility index (Phi) is 4.15. The lowest BCUT2D eigenvalue weighted by molar-refractivity contribution is -0.391. The zero-order chi connectivity index (χ0) is 19.0. The van der Waals surface area contributed by atoms with Gasteiger partial charge in [-0.25, -0.2) is 9.78 Å². The molecule has 0 aromatic carbocycles. The molecule has 3 heterocycles. The summed E-state index contributed by atoms with van der Waals surface area (Å²) in [5.41, 5.74) is 2.39. The van der Waals surface area contributed by atoms with E-state index in [-0.39, 0.29) is 11.8 Å². The smallest absolute Gasteiger partial charge is 0.368 e. The number of nitrogens with zero attached hydrogens (tertiary/aromatic N) is 5. The summed E-state index contributed by atoms with van der Waals surface area (Å²) >= 11 is 0. The normalized spacial score (nSPS) is 13.5. The number of aromatic nitrogens is 4. The molecule has 0 atom stereocenters. The molecule has 0 radical (unpaired) electrons. The van der Waals surface area contributed by atoms with E-state index in [0.29, 0.717) is 29.5 Å². The number of ether oxygens (including phenoxy) is 1. The minimum atomic E-state index is -0.536. The lowest BCUT2D eigenvalue weighted by Gasteiger charge is -2.09. The minimum absolute atomic E-state index is 0.203. The number of carbonyl (C=O) groups is 1. The maximum atomic E-state index is 11.9. The van der Waals surface area contributed by atoms with Gasteiger partial charge in [0.25, 0.3) is 0 Å². The molecule has 3 aromatic heterocycles. The first-order chi connectivity index (χ1) is 13.1. The van der Waals surface area contributed by atoms with Crippen molar-refractivity contribution in [2.24, 2.45) is 0 Å². The molecule has 1 N–H and O–H groups in total. The summed E-state index contributed by atoms with van der Waals surface area (Å²) in [6.45, 7) is 0.363. The molecule has 0 saturated heterocycles. The van der Waals surface area contributed by atoms with Crippen LogP contribution in [0.3, 0.4) is 0 Å². The van der Waals surface area contributed by atoms with Crippen LogP contribution >= 0.6 is 0 Å². The van der Waals surface area contributed by atoms with E-state index in [1.54, 1.807) is 24.3 Å². The molecule has 3 aromatic rings. The summed E-state index contributed by atoms with van der Waals surface area (Å²) < 4.78 is 5.99. The van der Waals surface area contributed by atoms with Crippen molar-refractivity contribution in [2.45, 2.75) is 25.3 Å². The second kappa shape index (κ2) is 6.63. The van der Waals surface area contributed by atoms with Crippen LogP contribution in [0.15, 0.2) is 30.5 Å². The number of methoxy groups -OCH3 is 1. The molecule has 1 aliphatic carbocycles. The lowest BCUT2D eigenvalue weighted by Crippen LogP contribution is -2.11. The Hall–Kier alpha value is -3.56. The first kappa shape index (κ1) is 16.9. The standard InChI is InChI=1S/C17H16N6O4/c1-27-17(24)12-5-4-11(20-16(12)10-2-3-10)8-18-13-6-7-14-19-9-15(23(25)26)22(14)21-13/h4-7,9-10H,2-3,8H2,1H3,(H,18,21). The number of pyridine rings is 1. The molecule has 0 bridgehead atoms. The molecule has 10 heteroatoms. The average molecular weight is 368 g/mol. The minimum Gasteiger partial charge on any atom is -0.465 e. The average Bonchev–Trinajstić information content (AvgIpc) is 3.44. The monoisotopic (exact) mass is 368 g/mol. The van der Waals surface area contributed by atoms with Gasteiger partial charge < -0.3 is 20.2 Å². The van der Waals surface area contributed by atoms with E-state index in [1.165, 1.54) is 17.8 Å². The van der Waals surface area contributed by atoms with Crippen molar-refractivity contribution in [3.63, 3.8) is 0 Å². The van der Waals surface area contributed by atoms with E-state index < -0.39 is 4.92 Å². The zero-order valence-corrected chi connectivity index (χ0v) is 14.5. The number of imidazole rings is 1. The maximum absolute atomic E-state index is 11.9. The topological polar surface area (TPSA) is 125 Å². The summed E-state index contributed by atoms with van der Waals surface area (Å²) in [7, 11) is 1.35. The van der Waals surface area contributed by atoms with Crippen molar-refractivity contribution in [3.8, 4) is 0 Å². The number of hydrogen-bond acceptors (Lipinski definition) is 8. The van der Waals surface area contributed by atoms with Gasteiger partial charge in [-0.3, -0.25) is 4.98 Å². The molecule has 0 unspecified atom stereocenters. The fourth-order valence-corrected chi connectivity index (χ4v) is 2.83. The molecule has 1 fully saturated rings. The second-order valence-electron chi connectivity index (χ2n) is 6.22. The van der Waals surface area contributed by atoms with E-state index in [1.807, 2.05) is 0 Å². The van der Waals surface area contributed by atoms with Crippen molar-refractivity contribution in [2.75, 3.05) is 12.4 Å². The molecule has 0 aliphatic heterocycles. The first-order valence-electron chi connectivity index (χ1n) is 8.38. The quantitative estimate of drug-likeness (QED) is 0.399. The summed E-state index contributed by atoms with van der Waals surface area (Å²) in [5, 5.41) is 18.3. The number of carbonyl (C=O) groups excluding carboxylic acids is 1. The molecule has 27 heavy (non-hydrogen) atoms. The van der Waals surface area contributed by atoms with E-state index in [0.717, 1.165) is 24.2 Å². The van der Waals surface area contributed by atoms with Gasteiger partial charge in [0, 0.05) is 12.0 Å². The van der Waals surface area contributed by atoms with Crippen LogP contribution in [0.5, 0.6) is 0 Å². The van der Waals surface area contributed by atoms with Gasteiger partial charge in [-0.2, -0.15) is 0 Å². The highest BCUT2D eigenvalue weighted by Gasteiger charge is 2.30. The van der Waals surface area contributed by atoms with E-state index in [9.17, 15) is 14.9 Å². The van der Waals surface area contributed by atoms with Gasteiger partial charge in [-0.1, -0.05) is 9.61 Å². The van der Waals surface area contributed by atoms with Gasteiger partial charge in [-0.15, -0.1) is 0 Å². The Labute approximate surface area is 153 Å². The lowest BCUT2D eigenvalue weighted by atomic mass is 10.1. The van der Waals surface area contributed by atoms with Gasteiger partial charge in [0.2, 0.25) is 5.65 Å². The Morgan fingerprint density at radius 2 is 2.19 bits per heavy atom. The predicted octanol–water partition coefficient (Wildman–Crippen LogP) is 2.31. The number of rotatable bonds is 6. The third kappa shape index (κ3) is 3.28. The van der Waals surface area contributed by atoms with Crippen LogP contribution in [0.2, 0.25) is 0 Å². The Bertz CT molecular complexity index is 1040. The van der Waals surface area contributed by atoms with E-state index >= 15 is 0 Å². The molecule has 4 rings (SSSR count). The maximum Gasteiger partial charge on any atom is 0.368 e. The van der Waals surface area contributed by atoms with Crippen LogP contribution in [0.4, 0.5) is 11.6 Å². The van der Waals surface area contributed by atoms with Crippen LogP contribution in [0.1, 0.15) is 40.5 Å². The fourth-order valence-electron chi connectivity index (χ4n) is 2.83. The third-order valence-electron chi connectivity index (χ3n) is 4.33. The third-order valence-corrected chi connectivity index (χ3v) is 4.33. The van der Waals surface area contributed by atoms with Crippen molar-refractivity contribution in [3.05, 3.63) is 57.5 Å². The van der Waals surface area contributed by atoms with Gasteiger partial charge >= 0.3 is 11.8 Å².